The van der Waals surface area contributed by atoms with Crippen LogP contribution in [-0.4, -0.2) is 47.5 Å². The minimum atomic E-state index is -0.124. The van der Waals surface area contributed by atoms with Gasteiger partial charge in [0.15, 0.2) is 5.71 Å². The second-order valence-corrected chi connectivity index (χ2v) is 11.9. The number of rotatable bonds is 10. The Kier molecular flexibility index (Phi) is 12.0. The van der Waals surface area contributed by atoms with Gasteiger partial charge >= 0.3 is 0 Å². The van der Waals surface area contributed by atoms with Crippen molar-refractivity contribution < 1.29 is 38.5 Å². The van der Waals surface area contributed by atoms with Crippen molar-refractivity contribution in [2.45, 2.75) is 71.6 Å². The molecule has 2 aromatic rings. The van der Waals surface area contributed by atoms with Gasteiger partial charge in [0.1, 0.15) is 6.54 Å². The van der Waals surface area contributed by atoms with Crippen LogP contribution in [0.5, 0.6) is 0 Å². The number of carbonyl (C=O) groups excluding carboxylic acids is 1. The molecule has 0 fully saturated rings. The lowest BCUT2D eigenvalue weighted by molar-refractivity contribution is -0.433. The van der Waals surface area contributed by atoms with Gasteiger partial charge in [0.2, 0.25) is 11.6 Å². The van der Waals surface area contributed by atoms with Gasteiger partial charge in [-0.1, -0.05) is 62.1 Å². The van der Waals surface area contributed by atoms with E-state index in [4.69, 9.17) is 5.11 Å². The number of likely N-dealkylation sites (N-methyl/N-ethyl adjacent to an activating group) is 1. The van der Waals surface area contributed by atoms with Crippen molar-refractivity contribution in [2.75, 3.05) is 31.1 Å². The van der Waals surface area contributed by atoms with Crippen molar-refractivity contribution in [1.82, 2.24) is 5.32 Å². The maximum absolute atomic E-state index is 12.1. The molecule has 2 aromatic carbocycles. The molecule has 228 valence electrons. The molecule has 0 saturated heterocycles. The number of nitrogens with one attached hydrogen (secondary N) is 1. The van der Waals surface area contributed by atoms with E-state index >= 15 is 0 Å². The Balaban J connectivity index is 0.00000506. The molecule has 1 amide bonds. The van der Waals surface area contributed by atoms with Gasteiger partial charge in [-0.05, 0) is 64.0 Å². The van der Waals surface area contributed by atoms with Crippen LogP contribution in [0.3, 0.4) is 0 Å². The fraction of sp³-hybridized carbons (Fsp3) is 0.405. The molecule has 5 nitrogen and oxygen atoms in total. The molecule has 0 atom stereocenters. The smallest absolute Gasteiger partial charge is 0.220 e. The van der Waals surface area contributed by atoms with Gasteiger partial charge in [0, 0.05) is 72.6 Å². The number of carbonyl (C=O) groups is 1. The topological polar surface area (TPSA) is 55.6 Å². The summed E-state index contributed by atoms with van der Waals surface area (Å²) in [6.07, 6.45) is 10.1. The number of halogens is 1. The van der Waals surface area contributed by atoms with Crippen molar-refractivity contribution >= 4 is 23.0 Å². The molecule has 0 bridgehead atoms. The minimum Gasteiger partial charge on any atom is -1.00 e. The van der Waals surface area contributed by atoms with Crippen LogP contribution < -0.4 is 34.2 Å². The SMILES string of the molecule is CCN1/C(=C/C=C(C#CCCC(=O)NCCCO)/C=C/C2=[N+](CC)c3ccccc3C2(C)C)C(C)(C)c2ccccc21.[I-]. The van der Waals surface area contributed by atoms with Crippen LogP contribution in [0.25, 0.3) is 0 Å². The fourth-order valence-electron chi connectivity index (χ4n) is 6.18. The Morgan fingerprint density at radius 1 is 1.02 bits per heavy atom. The van der Waals surface area contributed by atoms with E-state index < -0.39 is 0 Å². The number of aliphatic hydroxyl groups is 1. The van der Waals surface area contributed by atoms with E-state index in [2.05, 4.69) is 141 Å². The first-order valence-electron chi connectivity index (χ1n) is 15.2. The van der Waals surface area contributed by atoms with Crippen LogP contribution >= 0.6 is 0 Å². The quantitative estimate of drug-likeness (QED) is 0.132. The number of hydrogen-bond acceptors (Lipinski definition) is 3. The zero-order valence-corrected chi connectivity index (χ0v) is 28.7. The van der Waals surface area contributed by atoms with E-state index in [0.717, 1.165) is 18.7 Å². The van der Waals surface area contributed by atoms with Gasteiger partial charge in [-0.25, -0.2) is 0 Å². The van der Waals surface area contributed by atoms with Crippen LogP contribution in [0, 0.1) is 11.8 Å². The first-order chi connectivity index (χ1) is 20.2. The number of anilines is 1. The molecule has 6 heteroatoms. The molecular weight excluding hydrogens is 645 g/mol. The third-order valence-corrected chi connectivity index (χ3v) is 8.44. The number of fused-ring (bicyclic) bond motifs is 2. The van der Waals surface area contributed by atoms with E-state index in [0.29, 0.717) is 25.8 Å². The summed E-state index contributed by atoms with van der Waals surface area (Å²) in [5, 5.41) is 11.8. The van der Waals surface area contributed by atoms with E-state index in [1.54, 1.807) is 0 Å². The molecule has 0 spiro atoms. The number of nitrogens with zero attached hydrogens (tertiary/aromatic N) is 2. The van der Waals surface area contributed by atoms with Gasteiger partial charge in [-0.2, -0.15) is 4.58 Å². The van der Waals surface area contributed by atoms with Crippen molar-refractivity contribution in [3.63, 3.8) is 0 Å². The number of benzene rings is 2. The lowest BCUT2D eigenvalue weighted by Gasteiger charge is -2.25. The average molecular weight is 692 g/mol. The first-order valence-corrected chi connectivity index (χ1v) is 15.2. The highest BCUT2D eigenvalue weighted by Crippen LogP contribution is 2.47. The largest absolute Gasteiger partial charge is 1.00 e. The molecule has 2 N–H and O–H groups in total. The normalized spacial score (nSPS) is 17.4. The Hall–Kier alpha value is -3.15. The Labute approximate surface area is 275 Å². The zero-order chi connectivity index (χ0) is 30.3. The maximum atomic E-state index is 12.1. The summed E-state index contributed by atoms with van der Waals surface area (Å²) in [6, 6.07) is 17.3. The number of para-hydroxylation sites is 2. The van der Waals surface area contributed by atoms with Gasteiger partial charge in [-0.3, -0.25) is 4.79 Å². The van der Waals surface area contributed by atoms with Crippen molar-refractivity contribution in [3.8, 4) is 11.8 Å². The summed E-state index contributed by atoms with van der Waals surface area (Å²) in [6.45, 7) is 15.9. The van der Waals surface area contributed by atoms with Crippen LogP contribution in [-0.2, 0) is 15.6 Å². The number of aliphatic hydroxyl groups excluding tert-OH is 1. The van der Waals surface area contributed by atoms with Gasteiger partial charge in [0.05, 0.1) is 5.41 Å². The van der Waals surface area contributed by atoms with Crippen LogP contribution in [0.2, 0.25) is 0 Å². The van der Waals surface area contributed by atoms with E-state index in [-0.39, 0.29) is 47.3 Å². The third-order valence-electron chi connectivity index (χ3n) is 8.44. The molecule has 0 unspecified atom stereocenters. The Bertz CT molecular complexity index is 1500. The summed E-state index contributed by atoms with van der Waals surface area (Å²) in [4.78, 5) is 14.5. The van der Waals surface area contributed by atoms with Crippen LogP contribution in [0.1, 0.15) is 71.9 Å². The predicted octanol–water partition coefficient (Wildman–Crippen LogP) is 3.55. The van der Waals surface area contributed by atoms with Gasteiger partial charge in [-0.15, -0.1) is 0 Å². The van der Waals surface area contributed by atoms with E-state index in [9.17, 15) is 4.79 Å². The average Bonchev–Trinajstić information content (AvgIpc) is 3.34. The molecule has 0 aromatic heterocycles. The number of allylic oxidation sites excluding steroid dienone is 6. The van der Waals surface area contributed by atoms with E-state index in [1.807, 2.05) is 0 Å². The van der Waals surface area contributed by atoms with Crippen molar-refractivity contribution in [3.05, 3.63) is 95.2 Å². The van der Waals surface area contributed by atoms with Gasteiger partial charge < -0.3 is 39.3 Å². The molecule has 43 heavy (non-hydrogen) atoms. The van der Waals surface area contributed by atoms with E-state index in [1.165, 1.54) is 33.9 Å². The molecule has 2 aliphatic heterocycles. The molecule has 2 heterocycles. The molecule has 0 saturated carbocycles. The monoisotopic (exact) mass is 691 g/mol. The molecule has 0 aliphatic carbocycles. The summed E-state index contributed by atoms with van der Waals surface area (Å²) in [5.74, 6) is 6.56. The second kappa shape index (κ2) is 15.0. The van der Waals surface area contributed by atoms with Gasteiger partial charge in [0.25, 0.3) is 0 Å². The van der Waals surface area contributed by atoms with Crippen molar-refractivity contribution in [1.29, 1.82) is 0 Å². The molecule has 4 rings (SSSR count). The third kappa shape index (κ3) is 7.33. The summed E-state index contributed by atoms with van der Waals surface area (Å²) < 4.78 is 2.39. The highest BCUT2D eigenvalue weighted by Gasteiger charge is 2.43. The predicted molar refractivity (Wildman–Crippen MR) is 174 cm³/mol. The van der Waals surface area contributed by atoms with Crippen LogP contribution in [0.4, 0.5) is 11.4 Å². The summed E-state index contributed by atoms with van der Waals surface area (Å²) in [5.41, 5.74) is 8.35. The number of hydrogen-bond donors (Lipinski definition) is 2. The Morgan fingerprint density at radius 2 is 1.72 bits per heavy atom. The summed E-state index contributed by atoms with van der Waals surface area (Å²) >= 11 is 0. The molecular formula is C37H46IN3O2. The Morgan fingerprint density at radius 3 is 2.42 bits per heavy atom. The molecule has 2 aliphatic rings. The fourth-order valence-corrected chi connectivity index (χ4v) is 6.18. The lowest BCUT2D eigenvalue weighted by Crippen LogP contribution is -3.00. The summed E-state index contributed by atoms with van der Waals surface area (Å²) in [7, 11) is 0. The zero-order valence-electron chi connectivity index (χ0n) is 26.5. The van der Waals surface area contributed by atoms with Crippen LogP contribution in [0.15, 0.2) is 84.1 Å². The number of amides is 1. The lowest BCUT2D eigenvalue weighted by atomic mass is 9.81. The maximum Gasteiger partial charge on any atom is 0.220 e. The minimum absolute atomic E-state index is 0. The van der Waals surface area contributed by atoms with Crippen molar-refractivity contribution in [2.24, 2.45) is 0 Å². The standard InChI is InChI=1S/C37H45N3O2.HI/c1-7-39-31-19-12-10-17-29(31)36(3,4)33(39)24-22-28(16-9-14-21-35(42)38-26-15-27-41)23-25-34-37(5,6)30-18-11-13-20-32(30)40(34)8-2;/h10-13,17-20,22-25,41H,7-8,14-15,21,26-27H2,1-6H3;1H. The molecule has 0 radical (unpaired) electrons. The highest BCUT2D eigenvalue weighted by atomic mass is 127. The highest BCUT2D eigenvalue weighted by molar-refractivity contribution is 6.03. The second-order valence-electron chi connectivity index (χ2n) is 11.9. The first kappa shape index (κ1) is 34.3.